The molecule has 6 nitrogen and oxygen atoms in total. The van der Waals surface area contributed by atoms with Gasteiger partial charge in [-0.25, -0.2) is 0 Å². The number of nitrogens with zero attached hydrogens (tertiary/aromatic N) is 2. The molecule has 2 aromatic carbocycles. The second-order valence-electron chi connectivity index (χ2n) is 8.67. The minimum atomic E-state index is -0.676. The number of carbonyl (C=O) groups excluding carboxylic acids is 2. The Labute approximate surface area is 188 Å². The summed E-state index contributed by atoms with van der Waals surface area (Å²) in [7, 11) is 0. The number of fused-ring (bicyclic) bond motifs is 1. The number of amides is 2. The van der Waals surface area contributed by atoms with Crippen molar-refractivity contribution in [3.63, 3.8) is 0 Å². The van der Waals surface area contributed by atoms with Crippen molar-refractivity contribution in [2.75, 3.05) is 13.1 Å². The van der Waals surface area contributed by atoms with Crippen LogP contribution in [0.3, 0.4) is 0 Å². The number of para-hydroxylation sites is 1. The van der Waals surface area contributed by atoms with Crippen LogP contribution in [0, 0.1) is 5.92 Å². The standard InChI is InChI=1S/C26H30N4O2/c27-26(32)24(15-19-6-2-1-3-7-19)29-25(31)16-20-10-12-30(13-11-20)18-21-14-22-8-4-5-9-23(22)28-17-21/h1-9,14,17,20,24H,10-13,15-16,18H2,(H2,27,32)(H,29,31)/t24-/m0/s1. The van der Waals surface area contributed by atoms with Gasteiger partial charge in [0.05, 0.1) is 5.52 Å². The highest BCUT2D eigenvalue weighted by Gasteiger charge is 2.24. The zero-order chi connectivity index (χ0) is 22.3. The third-order valence-corrected chi connectivity index (χ3v) is 6.20. The minimum Gasteiger partial charge on any atom is -0.368 e. The summed E-state index contributed by atoms with van der Waals surface area (Å²) in [5.74, 6) is -0.269. The molecule has 0 spiro atoms. The number of likely N-dealkylation sites (tertiary alicyclic amines) is 1. The topological polar surface area (TPSA) is 88.3 Å². The number of nitrogens with one attached hydrogen (secondary N) is 1. The van der Waals surface area contributed by atoms with Crippen molar-refractivity contribution in [1.82, 2.24) is 15.2 Å². The maximum atomic E-state index is 12.6. The van der Waals surface area contributed by atoms with Crippen LogP contribution in [0.2, 0.25) is 0 Å². The smallest absolute Gasteiger partial charge is 0.240 e. The van der Waals surface area contributed by atoms with Gasteiger partial charge in [-0.1, -0.05) is 48.5 Å². The number of pyridine rings is 1. The quantitative estimate of drug-likeness (QED) is 0.575. The van der Waals surface area contributed by atoms with Crippen molar-refractivity contribution < 1.29 is 9.59 Å². The lowest BCUT2D eigenvalue weighted by Crippen LogP contribution is -2.46. The number of carbonyl (C=O) groups is 2. The number of nitrogens with two attached hydrogens (primary N) is 1. The van der Waals surface area contributed by atoms with E-state index in [0.717, 1.165) is 48.9 Å². The van der Waals surface area contributed by atoms with E-state index in [1.807, 2.05) is 54.7 Å². The molecule has 0 unspecified atom stereocenters. The predicted octanol–water partition coefficient (Wildman–Crippen LogP) is 3.05. The van der Waals surface area contributed by atoms with E-state index in [1.165, 1.54) is 5.56 Å². The van der Waals surface area contributed by atoms with Gasteiger partial charge in [0.25, 0.3) is 0 Å². The molecule has 1 saturated heterocycles. The molecule has 1 atom stereocenters. The highest BCUT2D eigenvalue weighted by atomic mass is 16.2. The summed E-state index contributed by atoms with van der Waals surface area (Å²) >= 11 is 0. The fourth-order valence-electron chi connectivity index (χ4n) is 4.40. The van der Waals surface area contributed by atoms with Crippen LogP contribution in [-0.2, 0) is 22.6 Å². The van der Waals surface area contributed by atoms with E-state index in [-0.39, 0.29) is 5.91 Å². The normalized spacial score (nSPS) is 16.0. The largest absolute Gasteiger partial charge is 0.368 e. The molecule has 0 saturated carbocycles. The zero-order valence-electron chi connectivity index (χ0n) is 18.2. The molecule has 2 amide bonds. The van der Waals surface area contributed by atoms with Crippen molar-refractivity contribution in [1.29, 1.82) is 0 Å². The number of aromatic nitrogens is 1. The predicted molar refractivity (Wildman–Crippen MR) is 126 cm³/mol. The van der Waals surface area contributed by atoms with Gasteiger partial charge in [0.1, 0.15) is 6.04 Å². The summed E-state index contributed by atoms with van der Waals surface area (Å²) in [6.07, 6.45) is 4.74. The molecule has 166 valence electrons. The highest BCUT2D eigenvalue weighted by Crippen LogP contribution is 2.23. The number of piperidine rings is 1. The van der Waals surface area contributed by atoms with Gasteiger partial charge in [0, 0.05) is 31.0 Å². The van der Waals surface area contributed by atoms with Gasteiger partial charge in [0.2, 0.25) is 11.8 Å². The van der Waals surface area contributed by atoms with Crippen LogP contribution in [0.25, 0.3) is 10.9 Å². The zero-order valence-corrected chi connectivity index (χ0v) is 18.2. The molecule has 2 heterocycles. The molecule has 4 rings (SSSR count). The van der Waals surface area contributed by atoms with Crippen molar-refractivity contribution in [2.24, 2.45) is 11.7 Å². The van der Waals surface area contributed by atoms with Crippen LogP contribution in [-0.4, -0.2) is 40.8 Å². The highest BCUT2D eigenvalue weighted by molar-refractivity contribution is 5.86. The Bertz CT molecular complexity index is 1060. The number of hydrogen-bond acceptors (Lipinski definition) is 4. The van der Waals surface area contributed by atoms with Crippen LogP contribution in [0.5, 0.6) is 0 Å². The summed E-state index contributed by atoms with van der Waals surface area (Å²) in [5, 5.41) is 4.01. The molecule has 3 N–H and O–H groups in total. The second-order valence-corrected chi connectivity index (χ2v) is 8.67. The lowest BCUT2D eigenvalue weighted by molar-refractivity contribution is -0.128. The molecule has 1 fully saturated rings. The summed E-state index contributed by atoms with van der Waals surface area (Å²) < 4.78 is 0. The van der Waals surface area contributed by atoms with E-state index in [2.05, 4.69) is 27.3 Å². The monoisotopic (exact) mass is 430 g/mol. The van der Waals surface area contributed by atoms with E-state index in [4.69, 9.17) is 5.73 Å². The van der Waals surface area contributed by atoms with Gasteiger partial charge >= 0.3 is 0 Å². The average molecular weight is 431 g/mol. The summed E-state index contributed by atoms with van der Waals surface area (Å²) in [6.45, 7) is 2.78. The lowest BCUT2D eigenvalue weighted by atomic mass is 9.92. The minimum absolute atomic E-state index is 0.0955. The first kappa shape index (κ1) is 22.0. The Hall–Kier alpha value is -3.25. The Morgan fingerprint density at radius 2 is 1.75 bits per heavy atom. The first-order valence-electron chi connectivity index (χ1n) is 11.3. The summed E-state index contributed by atoms with van der Waals surface area (Å²) in [5.41, 5.74) is 8.74. The van der Waals surface area contributed by atoms with Crippen LogP contribution in [0.15, 0.2) is 66.9 Å². The number of hydrogen-bond donors (Lipinski definition) is 2. The molecule has 0 radical (unpaired) electrons. The van der Waals surface area contributed by atoms with Crippen LogP contribution in [0.4, 0.5) is 0 Å². The molecule has 6 heteroatoms. The first-order chi connectivity index (χ1) is 15.6. The molecule has 1 aliphatic rings. The number of rotatable bonds is 8. The maximum absolute atomic E-state index is 12.6. The maximum Gasteiger partial charge on any atom is 0.240 e. The van der Waals surface area contributed by atoms with E-state index in [0.29, 0.717) is 18.8 Å². The molecule has 32 heavy (non-hydrogen) atoms. The van der Waals surface area contributed by atoms with Crippen molar-refractivity contribution in [3.05, 3.63) is 78.0 Å². The van der Waals surface area contributed by atoms with Crippen molar-refractivity contribution >= 4 is 22.7 Å². The van der Waals surface area contributed by atoms with Gasteiger partial charge in [-0.05, 0) is 55.1 Å². The number of primary amides is 1. The Kier molecular flexibility index (Phi) is 7.12. The van der Waals surface area contributed by atoms with Gasteiger partial charge < -0.3 is 11.1 Å². The SMILES string of the molecule is NC(=O)[C@H](Cc1ccccc1)NC(=O)CC1CCN(Cc2cnc3ccccc3c2)CC1. The lowest BCUT2D eigenvalue weighted by Gasteiger charge is -2.32. The molecule has 1 aliphatic heterocycles. The van der Waals surface area contributed by atoms with Gasteiger partial charge in [-0.3, -0.25) is 19.5 Å². The second kappa shape index (κ2) is 10.4. The summed E-state index contributed by atoms with van der Waals surface area (Å²) in [4.78, 5) is 31.4. The molecule has 1 aromatic heterocycles. The van der Waals surface area contributed by atoms with Crippen LogP contribution < -0.4 is 11.1 Å². The van der Waals surface area contributed by atoms with Crippen LogP contribution in [0.1, 0.15) is 30.4 Å². The fraction of sp³-hybridized carbons (Fsp3) is 0.346. The molecule has 0 bridgehead atoms. The Morgan fingerprint density at radius 1 is 1.03 bits per heavy atom. The molecule has 3 aromatic rings. The molecular formula is C26H30N4O2. The fourth-order valence-corrected chi connectivity index (χ4v) is 4.40. The third-order valence-electron chi connectivity index (χ3n) is 6.20. The van der Waals surface area contributed by atoms with Gasteiger partial charge in [-0.15, -0.1) is 0 Å². The first-order valence-corrected chi connectivity index (χ1v) is 11.3. The molecule has 0 aliphatic carbocycles. The van der Waals surface area contributed by atoms with Crippen molar-refractivity contribution in [2.45, 2.75) is 38.3 Å². The van der Waals surface area contributed by atoms with E-state index < -0.39 is 11.9 Å². The Balaban J connectivity index is 1.24. The van der Waals surface area contributed by atoms with Gasteiger partial charge in [0.15, 0.2) is 0 Å². The van der Waals surface area contributed by atoms with Crippen molar-refractivity contribution in [3.8, 4) is 0 Å². The van der Waals surface area contributed by atoms with E-state index >= 15 is 0 Å². The van der Waals surface area contributed by atoms with E-state index in [1.54, 1.807) is 0 Å². The summed E-state index contributed by atoms with van der Waals surface area (Å²) in [6, 6.07) is 19.3. The molecular weight excluding hydrogens is 400 g/mol. The Morgan fingerprint density at radius 3 is 2.50 bits per heavy atom. The van der Waals surface area contributed by atoms with Crippen LogP contribution >= 0.6 is 0 Å². The number of benzene rings is 2. The third kappa shape index (κ3) is 5.92. The van der Waals surface area contributed by atoms with E-state index in [9.17, 15) is 9.59 Å². The average Bonchev–Trinajstić information content (AvgIpc) is 2.80. The van der Waals surface area contributed by atoms with Gasteiger partial charge in [-0.2, -0.15) is 0 Å².